The Morgan fingerprint density at radius 1 is 1.02 bits per heavy atom. The number of benzene rings is 2. The molecule has 4 rings (SSSR count). The van der Waals surface area contributed by atoms with Gasteiger partial charge in [-0.2, -0.15) is 4.39 Å². The van der Waals surface area contributed by atoms with Gasteiger partial charge in [-0.15, -0.1) is 0 Å². The summed E-state index contributed by atoms with van der Waals surface area (Å²) >= 11 is 1.17. The predicted octanol–water partition coefficient (Wildman–Crippen LogP) is 8.35. The maximum absolute atomic E-state index is 13.9. The van der Waals surface area contributed by atoms with E-state index >= 15 is 0 Å². The van der Waals surface area contributed by atoms with E-state index in [-0.39, 0.29) is 23.7 Å². The Morgan fingerprint density at radius 2 is 1.70 bits per heavy atom. The molecule has 12 heteroatoms. The number of carbonyl (C=O) groups excluding carboxylic acids is 1. The van der Waals surface area contributed by atoms with Crippen LogP contribution in [0.4, 0.5) is 27.9 Å². The second kappa shape index (κ2) is 12.8. The SMILES string of the molecule is CC(C)(C)OC(=O)N[C@@H](Cc1ccc(C(F)F)cc1)CN(C(=O)O)c1nc(C(C)(C)C)c(-c2ccc3cnc(F)cc3c2)s1. The lowest BCUT2D eigenvalue weighted by Gasteiger charge is -2.27. The number of halogens is 3. The quantitative estimate of drug-likeness (QED) is 0.190. The van der Waals surface area contributed by atoms with Gasteiger partial charge in [0.1, 0.15) is 5.60 Å². The molecule has 4 aromatic rings. The van der Waals surface area contributed by atoms with Gasteiger partial charge in [-0.05, 0) is 49.8 Å². The highest BCUT2D eigenvalue weighted by Gasteiger charge is 2.31. The Hall–Kier alpha value is -4.19. The van der Waals surface area contributed by atoms with Crippen LogP contribution in [0.15, 0.2) is 54.7 Å². The molecule has 2 aromatic heterocycles. The molecule has 0 spiro atoms. The van der Waals surface area contributed by atoms with Crippen molar-refractivity contribution in [1.29, 1.82) is 0 Å². The van der Waals surface area contributed by atoms with Crippen LogP contribution in [0.25, 0.3) is 21.2 Å². The van der Waals surface area contributed by atoms with Gasteiger partial charge in [-0.1, -0.05) is 68.5 Å². The second-order valence-electron chi connectivity index (χ2n) is 12.5. The number of hydrogen-bond donors (Lipinski definition) is 2. The van der Waals surface area contributed by atoms with Crippen LogP contribution in [0.1, 0.15) is 64.8 Å². The summed E-state index contributed by atoms with van der Waals surface area (Å²) < 4.78 is 45.5. The molecule has 44 heavy (non-hydrogen) atoms. The molecule has 0 saturated heterocycles. The van der Waals surface area contributed by atoms with Crippen molar-refractivity contribution in [3.63, 3.8) is 0 Å². The molecule has 2 amide bonds. The molecule has 1 atom stereocenters. The van der Waals surface area contributed by atoms with E-state index in [1.54, 1.807) is 20.8 Å². The van der Waals surface area contributed by atoms with E-state index in [9.17, 15) is 27.9 Å². The Bertz CT molecular complexity index is 1650. The molecule has 0 bridgehead atoms. The number of carbonyl (C=O) groups is 2. The van der Waals surface area contributed by atoms with Crippen LogP contribution >= 0.6 is 11.3 Å². The lowest BCUT2D eigenvalue weighted by molar-refractivity contribution is 0.0505. The third kappa shape index (κ3) is 8.25. The molecule has 0 aliphatic carbocycles. The van der Waals surface area contributed by atoms with E-state index in [4.69, 9.17) is 9.72 Å². The van der Waals surface area contributed by atoms with Gasteiger partial charge in [0.2, 0.25) is 5.95 Å². The summed E-state index contributed by atoms with van der Waals surface area (Å²) in [6, 6.07) is 11.7. The molecule has 0 fully saturated rings. The number of fused-ring (bicyclic) bond motifs is 1. The zero-order valence-corrected chi connectivity index (χ0v) is 26.1. The second-order valence-corrected chi connectivity index (χ2v) is 13.5. The van der Waals surface area contributed by atoms with Crippen LogP contribution in [-0.4, -0.2) is 45.4 Å². The maximum Gasteiger partial charge on any atom is 0.413 e. The van der Waals surface area contributed by atoms with Crippen molar-refractivity contribution in [3.05, 3.63) is 77.5 Å². The molecular formula is C32H35F3N4O4S. The average molecular weight is 629 g/mol. The van der Waals surface area contributed by atoms with Crippen LogP contribution in [0.3, 0.4) is 0 Å². The largest absolute Gasteiger partial charge is 0.465 e. The Labute approximate surface area is 257 Å². The molecule has 2 aromatic carbocycles. The summed E-state index contributed by atoms with van der Waals surface area (Å²) in [6.45, 7) is 10.8. The zero-order chi connectivity index (χ0) is 32.4. The van der Waals surface area contributed by atoms with Gasteiger partial charge in [0, 0.05) is 28.6 Å². The van der Waals surface area contributed by atoms with Crippen LogP contribution in [0.2, 0.25) is 0 Å². The van der Waals surface area contributed by atoms with Crippen LogP contribution < -0.4 is 10.2 Å². The Morgan fingerprint density at radius 3 is 2.30 bits per heavy atom. The number of hydrogen-bond acceptors (Lipinski definition) is 6. The molecule has 8 nitrogen and oxygen atoms in total. The number of anilines is 1. The predicted molar refractivity (Wildman–Crippen MR) is 165 cm³/mol. The number of aromatic nitrogens is 2. The Balaban J connectivity index is 1.72. The number of rotatable bonds is 8. The van der Waals surface area contributed by atoms with Crippen molar-refractivity contribution in [2.24, 2.45) is 0 Å². The Kier molecular flexibility index (Phi) is 9.53. The fourth-order valence-corrected chi connectivity index (χ4v) is 5.84. The summed E-state index contributed by atoms with van der Waals surface area (Å²) in [5, 5.41) is 14.6. The molecule has 0 aliphatic heterocycles. The first-order valence-corrected chi connectivity index (χ1v) is 14.8. The van der Waals surface area contributed by atoms with Crippen LogP contribution in [0.5, 0.6) is 0 Å². The van der Waals surface area contributed by atoms with Crippen molar-refractivity contribution in [2.45, 2.75) is 71.4 Å². The van der Waals surface area contributed by atoms with Gasteiger partial charge in [0.15, 0.2) is 5.13 Å². The number of alkyl carbamates (subject to hydrolysis) is 1. The number of ether oxygens (including phenoxy) is 1. The average Bonchev–Trinajstić information content (AvgIpc) is 3.36. The molecule has 234 valence electrons. The van der Waals surface area contributed by atoms with Gasteiger partial charge in [0.25, 0.3) is 6.43 Å². The van der Waals surface area contributed by atoms with E-state index in [0.29, 0.717) is 16.6 Å². The van der Waals surface area contributed by atoms with E-state index in [1.165, 1.54) is 47.9 Å². The highest BCUT2D eigenvalue weighted by molar-refractivity contribution is 7.19. The number of nitrogens with one attached hydrogen (secondary N) is 1. The summed E-state index contributed by atoms with van der Waals surface area (Å²) in [6.07, 6.45) is -3.08. The topological polar surface area (TPSA) is 105 Å². The zero-order valence-electron chi connectivity index (χ0n) is 25.3. The first kappa shape index (κ1) is 32.7. The minimum Gasteiger partial charge on any atom is -0.465 e. The number of pyridine rings is 1. The molecule has 0 radical (unpaired) electrons. The molecule has 0 saturated carbocycles. The van der Waals surface area contributed by atoms with Gasteiger partial charge in [-0.25, -0.2) is 28.3 Å². The van der Waals surface area contributed by atoms with Crippen molar-refractivity contribution < 1.29 is 32.6 Å². The molecule has 2 N–H and O–H groups in total. The highest BCUT2D eigenvalue weighted by Crippen LogP contribution is 2.41. The van der Waals surface area contributed by atoms with Gasteiger partial charge in [0.05, 0.1) is 23.2 Å². The van der Waals surface area contributed by atoms with Crippen molar-refractivity contribution >= 4 is 39.4 Å². The normalized spacial score (nSPS) is 12.8. The monoisotopic (exact) mass is 628 g/mol. The van der Waals surface area contributed by atoms with Crippen molar-refractivity contribution in [1.82, 2.24) is 15.3 Å². The standard InChI is InChI=1S/C32H35F3N4O4S/c1-31(2,3)26-25(20-11-12-21-16-36-24(33)15-22(21)14-20)44-28(38-26)39(30(41)42)17-23(37-29(40)43-32(4,5)6)13-18-7-9-19(10-8-18)27(34)35/h7-12,14-16,23,27H,13,17H2,1-6H3,(H,37,40)(H,41,42)/t23-/m0/s1. The highest BCUT2D eigenvalue weighted by atomic mass is 32.1. The van der Waals surface area contributed by atoms with E-state index < -0.39 is 41.6 Å². The van der Waals surface area contributed by atoms with Crippen LogP contribution in [0, 0.1) is 5.95 Å². The van der Waals surface area contributed by atoms with Crippen molar-refractivity contribution in [2.75, 3.05) is 11.4 Å². The summed E-state index contributed by atoms with van der Waals surface area (Å²) in [7, 11) is 0. The fraction of sp³-hybridized carbons (Fsp3) is 0.375. The van der Waals surface area contributed by atoms with E-state index in [0.717, 1.165) is 20.7 Å². The number of amides is 2. The van der Waals surface area contributed by atoms with E-state index in [2.05, 4.69) is 10.3 Å². The van der Waals surface area contributed by atoms with Crippen molar-refractivity contribution in [3.8, 4) is 10.4 Å². The van der Waals surface area contributed by atoms with E-state index in [1.807, 2.05) is 39.0 Å². The third-order valence-electron chi connectivity index (χ3n) is 6.58. The fourth-order valence-electron chi connectivity index (χ4n) is 4.56. The molecular weight excluding hydrogens is 593 g/mol. The first-order valence-electron chi connectivity index (χ1n) is 13.9. The van der Waals surface area contributed by atoms with Gasteiger partial charge < -0.3 is 15.2 Å². The number of thiazole rings is 1. The minimum atomic E-state index is -2.63. The number of nitrogens with zero attached hydrogens (tertiary/aromatic N) is 3. The summed E-state index contributed by atoms with van der Waals surface area (Å²) in [5.74, 6) is -0.611. The molecule has 2 heterocycles. The maximum atomic E-state index is 13.9. The summed E-state index contributed by atoms with van der Waals surface area (Å²) in [5.41, 5.74) is 0.587. The third-order valence-corrected chi connectivity index (χ3v) is 7.70. The molecule has 0 unspecified atom stereocenters. The van der Waals surface area contributed by atoms with Gasteiger partial charge in [-0.3, -0.25) is 4.90 Å². The smallest absolute Gasteiger partial charge is 0.413 e. The first-order chi connectivity index (χ1) is 20.5. The number of carboxylic acid groups (broad SMARTS) is 1. The molecule has 0 aliphatic rings. The summed E-state index contributed by atoms with van der Waals surface area (Å²) in [4.78, 5) is 35.6. The minimum absolute atomic E-state index is 0.140. The van der Waals surface area contributed by atoms with Crippen LogP contribution in [-0.2, 0) is 16.6 Å². The lowest BCUT2D eigenvalue weighted by atomic mass is 9.89. The number of alkyl halides is 2. The van der Waals surface area contributed by atoms with Gasteiger partial charge >= 0.3 is 12.2 Å². The lowest BCUT2D eigenvalue weighted by Crippen LogP contribution is -2.48.